The molecule has 13 heavy (non-hydrogen) atoms. The van der Waals surface area contributed by atoms with Crippen LogP contribution in [0.4, 0.5) is 10.1 Å². The van der Waals surface area contributed by atoms with Gasteiger partial charge in [-0.3, -0.25) is 0 Å². The first-order valence-corrected chi connectivity index (χ1v) is 3.36. The van der Waals surface area contributed by atoms with Gasteiger partial charge in [0, 0.05) is 37.2 Å². The van der Waals surface area contributed by atoms with Gasteiger partial charge in [-0.15, -0.1) is 0 Å². The summed E-state index contributed by atoms with van der Waals surface area (Å²) in [4.78, 5) is -0.142. The van der Waals surface area contributed by atoms with Crippen molar-refractivity contribution in [2.75, 3.05) is 30.9 Å². The highest BCUT2D eigenvalue weighted by molar-refractivity contribution is 5.46. The van der Waals surface area contributed by atoms with Crippen LogP contribution in [-0.2, 0) is 0 Å². The van der Waals surface area contributed by atoms with Crippen LogP contribution in [0.5, 0.6) is 0 Å². The fourth-order valence-electron chi connectivity index (χ4n) is 0.741. The fourth-order valence-corrected chi connectivity index (χ4v) is 0.741. The molecule has 0 aliphatic carbocycles. The summed E-state index contributed by atoms with van der Waals surface area (Å²) in [6.45, 7) is -13.0. The van der Waals surface area contributed by atoms with Crippen LogP contribution in [0.2, 0.25) is 0 Å². The Morgan fingerprint density at radius 1 is 1.31 bits per heavy atom. The van der Waals surface area contributed by atoms with Crippen molar-refractivity contribution < 1.29 is 20.8 Å². The summed E-state index contributed by atoms with van der Waals surface area (Å²) in [5, 5.41) is 1.58. The maximum Gasteiger partial charge on any atom is 0.123 e. The number of rotatable bonds is 1. The first-order chi connectivity index (χ1) is 11.0. The van der Waals surface area contributed by atoms with Gasteiger partial charge >= 0.3 is 0 Å². The number of hydrogen-bond acceptors (Lipinski definition) is 2. The molecule has 0 saturated carbocycles. The molecule has 0 aromatic heterocycles. The third-order valence-corrected chi connectivity index (χ3v) is 1.27. The minimum Gasteiger partial charge on any atom is -0.369 e. The molecule has 1 aromatic rings. The second kappa shape index (κ2) is 3.75. The molecule has 0 atom stereocenters. The molecule has 0 unspecified atom stereocenters. The minimum atomic E-state index is -3.34. The van der Waals surface area contributed by atoms with E-state index in [2.05, 4.69) is 0 Å². The number of anilines is 1. The molecule has 70 valence electrons. The van der Waals surface area contributed by atoms with Gasteiger partial charge < -0.3 is 10.2 Å². The first kappa shape index (κ1) is 2.28. The van der Waals surface area contributed by atoms with E-state index < -0.39 is 61.7 Å². The second-order valence-electron chi connectivity index (χ2n) is 2.10. The van der Waals surface area contributed by atoms with Crippen LogP contribution in [0, 0.1) is 5.82 Å². The van der Waals surface area contributed by atoms with E-state index in [1.165, 1.54) is 0 Å². The molecule has 2 rings (SSSR count). The summed E-state index contributed by atoms with van der Waals surface area (Å²) < 4.78 is 106. The Morgan fingerprint density at radius 3 is 2.54 bits per heavy atom. The molecule has 0 bridgehead atoms. The van der Waals surface area contributed by atoms with E-state index in [9.17, 15) is 4.39 Å². The zero-order valence-electron chi connectivity index (χ0n) is 18.3. The Balaban J connectivity index is 2.92. The summed E-state index contributed by atoms with van der Waals surface area (Å²) in [5.41, 5.74) is -1.08. The Bertz CT molecular complexity index is 678. The van der Waals surface area contributed by atoms with Gasteiger partial charge in [-0.25, -0.2) is 4.39 Å². The average Bonchev–Trinajstić information content (AvgIpc) is 2.44. The molecule has 1 N–H and O–H groups in total. The molecule has 0 amide bonds. The van der Waals surface area contributed by atoms with Crippen molar-refractivity contribution in [3.63, 3.8) is 0 Å². The third kappa shape index (κ3) is 1.98. The van der Waals surface area contributed by atoms with Gasteiger partial charge in [0.1, 0.15) is 5.82 Å². The van der Waals surface area contributed by atoms with Gasteiger partial charge in [0.15, 0.2) is 0 Å². The molecule has 1 aromatic carbocycles. The smallest absolute Gasteiger partial charge is 0.123 e. The van der Waals surface area contributed by atoms with E-state index in [0.717, 1.165) is 0 Å². The van der Waals surface area contributed by atoms with E-state index in [0.29, 0.717) is 0 Å². The lowest BCUT2D eigenvalue weighted by molar-refractivity contribution is 0.587. The van der Waals surface area contributed by atoms with Crippen LogP contribution in [0.25, 0.3) is 0 Å². The predicted molar refractivity (Wildman–Crippen MR) is 51.5 cm³/mol. The van der Waals surface area contributed by atoms with E-state index in [1.54, 1.807) is 5.32 Å². The molecule has 0 radical (unpaired) electrons. The average molecular weight is 192 g/mol. The molecule has 0 spiro atoms. The van der Waals surface area contributed by atoms with Crippen LogP contribution < -0.4 is 10.2 Å². The van der Waals surface area contributed by atoms with E-state index in [-0.39, 0.29) is 4.90 Å². The zero-order chi connectivity index (χ0) is 19.7. The lowest BCUT2D eigenvalue weighted by atomic mass is 10.2. The number of piperazine rings is 1. The van der Waals surface area contributed by atoms with E-state index in [4.69, 9.17) is 16.4 Å². The maximum atomic E-state index is 13.7. The van der Waals surface area contributed by atoms with E-state index >= 15 is 0 Å². The lowest BCUT2D eigenvalue weighted by Gasteiger charge is -2.29. The summed E-state index contributed by atoms with van der Waals surface area (Å²) >= 11 is 0. The first-order valence-electron chi connectivity index (χ1n) is 9.36. The van der Waals surface area contributed by atoms with Crippen LogP contribution in [0.15, 0.2) is 24.2 Å². The number of benzene rings is 1. The highest BCUT2D eigenvalue weighted by atomic mass is 19.1. The summed E-state index contributed by atoms with van der Waals surface area (Å²) in [6.07, 6.45) is 0. The molecule has 1 fully saturated rings. The molecule has 1 aliphatic heterocycles. The van der Waals surface area contributed by atoms with Crippen molar-refractivity contribution in [1.82, 2.24) is 5.32 Å². The van der Waals surface area contributed by atoms with Crippen molar-refractivity contribution in [3.8, 4) is 0 Å². The number of halogens is 1. The molecule has 1 aliphatic rings. The van der Waals surface area contributed by atoms with Crippen LogP contribution in [0.1, 0.15) is 16.4 Å². The molecule has 1 saturated heterocycles. The number of nitrogens with zero attached hydrogens (tertiary/aromatic N) is 1. The molecular formula is C10H13FN2. The highest BCUT2D eigenvalue weighted by Gasteiger charge is 2.09. The van der Waals surface area contributed by atoms with Gasteiger partial charge in [-0.2, -0.15) is 0 Å². The topological polar surface area (TPSA) is 15.3 Å². The van der Waals surface area contributed by atoms with Crippen molar-refractivity contribution in [2.45, 2.75) is 0 Å². The summed E-state index contributed by atoms with van der Waals surface area (Å²) in [5.74, 6) is -1.54. The SMILES string of the molecule is [2H]c1c([2H])c(N2C([2H])([2H])C([2H])([2H])NC([2H])([2H])C2([2H])[2H])c([2H])c([2H])c1F. The molecule has 1 heterocycles. The van der Waals surface area contributed by atoms with Crippen LogP contribution >= 0.6 is 0 Å². The summed E-state index contributed by atoms with van der Waals surface area (Å²) in [6, 6.07) is -4.72. The Labute approximate surface area is 94.2 Å². The van der Waals surface area contributed by atoms with Gasteiger partial charge in [0.05, 0.1) is 11.0 Å². The van der Waals surface area contributed by atoms with Gasteiger partial charge in [-0.05, 0) is 24.2 Å². The minimum absolute atomic E-state index is 0.142. The number of hydrogen-bond donors (Lipinski definition) is 1. The lowest BCUT2D eigenvalue weighted by Crippen LogP contribution is -2.43. The Hall–Kier alpha value is -1.09. The third-order valence-electron chi connectivity index (χ3n) is 1.27. The normalized spacial score (nSPS) is 46.4. The Kier molecular flexibility index (Phi) is 0.658. The second-order valence-corrected chi connectivity index (χ2v) is 2.10. The van der Waals surface area contributed by atoms with Gasteiger partial charge in [-0.1, -0.05) is 0 Å². The van der Waals surface area contributed by atoms with Crippen molar-refractivity contribution in [1.29, 1.82) is 0 Å². The van der Waals surface area contributed by atoms with Gasteiger partial charge in [0.2, 0.25) is 0 Å². The largest absolute Gasteiger partial charge is 0.369 e. The van der Waals surface area contributed by atoms with Gasteiger partial charge in [0.25, 0.3) is 0 Å². The predicted octanol–water partition coefficient (Wildman–Crippen LogP) is 1.24. The molecular weight excluding hydrogens is 167 g/mol. The Morgan fingerprint density at radius 2 is 1.92 bits per heavy atom. The van der Waals surface area contributed by atoms with Crippen molar-refractivity contribution in [3.05, 3.63) is 30.0 Å². The maximum absolute atomic E-state index is 13.7. The molecule has 2 nitrogen and oxygen atoms in total. The van der Waals surface area contributed by atoms with E-state index in [1.807, 2.05) is 0 Å². The van der Waals surface area contributed by atoms with Crippen molar-refractivity contribution >= 4 is 5.69 Å². The molecule has 3 heteroatoms. The zero-order valence-corrected chi connectivity index (χ0v) is 6.33. The quantitative estimate of drug-likeness (QED) is 0.720. The highest BCUT2D eigenvalue weighted by Crippen LogP contribution is 2.14. The number of nitrogens with one attached hydrogen (secondary N) is 1. The monoisotopic (exact) mass is 192 g/mol. The standard InChI is InChI=1S/C10H13FN2/c11-9-1-3-10(4-2-9)13-7-5-12-6-8-13/h1-4,12H,5-8H2/i1D,2D,3D,4D,5D2,6D2,7D2,8D2. The fraction of sp³-hybridized carbons (Fsp3) is 0.400. The van der Waals surface area contributed by atoms with Crippen LogP contribution in [0.3, 0.4) is 0 Å². The summed E-state index contributed by atoms with van der Waals surface area (Å²) in [7, 11) is 0. The van der Waals surface area contributed by atoms with Crippen LogP contribution in [-0.4, -0.2) is 26.0 Å². The van der Waals surface area contributed by atoms with Crippen molar-refractivity contribution in [2.24, 2.45) is 0 Å².